The summed E-state index contributed by atoms with van der Waals surface area (Å²) in [7, 11) is 0. The molecule has 5 rings (SSSR count). The highest BCUT2D eigenvalue weighted by atomic mass is 32.1. The minimum Gasteiger partial charge on any atom is -0.337 e. The number of hydrogen-bond donors (Lipinski definition) is 0. The molecule has 1 amide bonds. The molecule has 0 saturated carbocycles. The van der Waals surface area contributed by atoms with E-state index < -0.39 is 0 Å². The molecule has 1 saturated heterocycles. The Morgan fingerprint density at radius 2 is 1.70 bits per heavy atom. The molecule has 2 aromatic heterocycles. The molecule has 6 heteroatoms. The van der Waals surface area contributed by atoms with Crippen LogP contribution >= 0.6 is 11.3 Å². The summed E-state index contributed by atoms with van der Waals surface area (Å²) in [5, 5.41) is 0.742. The maximum Gasteiger partial charge on any atom is 0.274 e. The predicted molar refractivity (Wildman–Crippen MR) is 119 cm³/mol. The number of thiazole rings is 1. The van der Waals surface area contributed by atoms with Crippen LogP contribution in [0.3, 0.4) is 0 Å². The van der Waals surface area contributed by atoms with Crippen molar-refractivity contribution in [3.63, 3.8) is 0 Å². The summed E-state index contributed by atoms with van der Waals surface area (Å²) >= 11 is 1.55. The molecule has 0 spiro atoms. The molecule has 1 aliphatic rings. The van der Waals surface area contributed by atoms with Gasteiger partial charge in [0.15, 0.2) is 5.69 Å². The Labute approximate surface area is 179 Å². The SMILES string of the molecule is O=C(c1nccnc1-c1nc2ccccc2s1)N1CCC(Cc2ccccc2)CC1. The molecule has 30 heavy (non-hydrogen) atoms. The molecule has 1 aliphatic heterocycles. The fourth-order valence-electron chi connectivity index (χ4n) is 4.06. The van der Waals surface area contributed by atoms with Crippen LogP contribution in [0.5, 0.6) is 0 Å². The number of rotatable bonds is 4. The maximum atomic E-state index is 13.3. The summed E-state index contributed by atoms with van der Waals surface area (Å²) in [4.78, 5) is 28.7. The van der Waals surface area contributed by atoms with Crippen molar-refractivity contribution in [2.75, 3.05) is 13.1 Å². The highest BCUT2D eigenvalue weighted by Crippen LogP contribution is 2.31. The van der Waals surface area contributed by atoms with Gasteiger partial charge in [-0.1, -0.05) is 42.5 Å². The number of nitrogens with zero attached hydrogens (tertiary/aromatic N) is 4. The highest BCUT2D eigenvalue weighted by Gasteiger charge is 2.27. The van der Waals surface area contributed by atoms with Gasteiger partial charge in [0.25, 0.3) is 5.91 Å². The Bertz CT molecular complexity index is 1130. The number of benzene rings is 2. The van der Waals surface area contributed by atoms with Gasteiger partial charge in [-0.2, -0.15) is 0 Å². The molecule has 3 heterocycles. The van der Waals surface area contributed by atoms with Crippen molar-refractivity contribution in [3.05, 3.63) is 78.2 Å². The van der Waals surface area contributed by atoms with E-state index >= 15 is 0 Å². The first-order valence-corrected chi connectivity index (χ1v) is 11.1. The second-order valence-corrected chi connectivity index (χ2v) is 8.70. The van der Waals surface area contributed by atoms with Crippen LogP contribution in [-0.4, -0.2) is 38.8 Å². The van der Waals surface area contributed by atoms with E-state index in [2.05, 4.69) is 45.3 Å². The Hall–Kier alpha value is -3.12. The number of carbonyl (C=O) groups excluding carboxylic acids is 1. The van der Waals surface area contributed by atoms with Crippen LogP contribution in [0.15, 0.2) is 67.0 Å². The average molecular weight is 415 g/mol. The van der Waals surface area contributed by atoms with Gasteiger partial charge < -0.3 is 4.90 Å². The summed E-state index contributed by atoms with van der Waals surface area (Å²) in [6.45, 7) is 1.51. The summed E-state index contributed by atoms with van der Waals surface area (Å²) in [6.07, 6.45) is 6.32. The van der Waals surface area contributed by atoms with Gasteiger partial charge in [-0.05, 0) is 42.9 Å². The third-order valence-corrected chi connectivity index (χ3v) is 6.71. The van der Waals surface area contributed by atoms with Gasteiger partial charge in [0.2, 0.25) is 0 Å². The van der Waals surface area contributed by atoms with Crippen LogP contribution < -0.4 is 0 Å². The molecule has 2 aromatic carbocycles. The van der Waals surface area contributed by atoms with E-state index in [1.165, 1.54) is 5.56 Å². The van der Waals surface area contributed by atoms with Crippen molar-refractivity contribution in [2.24, 2.45) is 5.92 Å². The minimum absolute atomic E-state index is 0.0458. The normalized spacial score (nSPS) is 14.9. The lowest BCUT2D eigenvalue weighted by Crippen LogP contribution is -2.39. The molecule has 1 fully saturated rings. The van der Waals surface area contributed by atoms with E-state index in [1.54, 1.807) is 23.7 Å². The third kappa shape index (κ3) is 3.83. The quantitative estimate of drug-likeness (QED) is 0.479. The second kappa shape index (κ2) is 8.32. The number of hydrogen-bond acceptors (Lipinski definition) is 5. The number of aromatic nitrogens is 3. The molecule has 0 unspecified atom stereocenters. The second-order valence-electron chi connectivity index (χ2n) is 7.67. The average Bonchev–Trinajstić information content (AvgIpc) is 3.24. The number of piperidine rings is 1. The first kappa shape index (κ1) is 18.9. The molecule has 0 N–H and O–H groups in total. The molecule has 0 bridgehead atoms. The smallest absolute Gasteiger partial charge is 0.274 e. The summed E-state index contributed by atoms with van der Waals surface area (Å²) in [5.74, 6) is 0.567. The lowest BCUT2D eigenvalue weighted by molar-refractivity contribution is 0.0685. The van der Waals surface area contributed by atoms with Crippen molar-refractivity contribution in [3.8, 4) is 10.7 Å². The minimum atomic E-state index is -0.0458. The summed E-state index contributed by atoms with van der Waals surface area (Å²) in [5.41, 5.74) is 3.27. The molecule has 5 nitrogen and oxygen atoms in total. The van der Waals surface area contributed by atoms with Gasteiger partial charge in [0.05, 0.1) is 10.2 Å². The van der Waals surface area contributed by atoms with Gasteiger partial charge in [-0.15, -0.1) is 11.3 Å². The maximum absolute atomic E-state index is 13.3. The van der Waals surface area contributed by atoms with Gasteiger partial charge in [0.1, 0.15) is 10.7 Å². The molecule has 0 aliphatic carbocycles. The Morgan fingerprint density at radius 1 is 0.967 bits per heavy atom. The standard InChI is InChI=1S/C24H22N4OS/c29-24(28-14-10-18(11-15-28)16-17-6-2-1-3-7-17)22-21(25-12-13-26-22)23-27-19-8-4-5-9-20(19)30-23/h1-9,12-13,18H,10-11,14-16H2. The number of carbonyl (C=O) groups is 1. The highest BCUT2D eigenvalue weighted by molar-refractivity contribution is 7.21. The lowest BCUT2D eigenvalue weighted by atomic mass is 9.90. The van der Waals surface area contributed by atoms with Gasteiger partial charge in [-0.3, -0.25) is 4.79 Å². The van der Waals surface area contributed by atoms with Crippen molar-refractivity contribution < 1.29 is 4.79 Å². The molecule has 0 atom stereocenters. The fraction of sp³-hybridized carbons (Fsp3) is 0.250. The van der Waals surface area contributed by atoms with Crippen molar-refractivity contribution >= 4 is 27.5 Å². The zero-order chi connectivity index (χ0) is 20.3. The number of amides is 1. The van der Waals surface area contributed by atoms with Crippen molar-refractivity contribution in [1.82, 2.24) is 19.9 Å². The van der Waals surface area contributed by atoms with E-state index in [0.717, 1.165) is 47.6 Å². The van der Waals surface area contributed by atoms with Crippen LogP contribution in [0.2, 0.25) is 0 Å². The lowest BCUT2D eigenvalue weighted by Gasteiger charge is -2.32. The largest absolute Gasteiger partial charge is 0.337 e. The van der Waals surface area contributed by atoms with Crippen LogP contribution in [0.4, 0.5) is 0 Å². The molecular formula is C24H22N4OS. The molecule has 0 radical (unpaired) electrons. The van der Waals surface area contributed by atoms with Crippen molar-refractivity contribution in [1.29, 1.82) is 0 Å². The molecule has 150 valence electrons. The number of para-hydroxylation sites is 1. The van der Waals surface area contributed by atoms with Crippen LogP contribution in [0.25, 0.3) is 20.9 Å². The zero-order valence-corrected chi connectivity index (χ0v) is 17.4. The topological polar surface area (TPSA) is 59.0 Å². The Kier molecular flexibility index (Phi) is 5.24. The summed E-state index contributed by atoms with van der Waals surface area (Å²) in [6, 6.07) is 18.6. The number of likely N-dealkylation sites (tertiary alicyclic amines) is 1. The van der Waals surface area contributed by atoms with E-state index in [4.69, 9.17) is 0 Å². The van der Waals surface area contributed by atoms with Crippen molar-refractivity contribution in [2.45, 2.75) is 19.3 Å². The Morgan fingerprint density at radius 3 is 2.50 bits per heavy atom. The van der Waals surface area contributed by atoms with E-state index in [-0.39, 0.29) is 5.91 Å². The first-order chi connectivity index (χ1) is 14.8. The predicted octanol–water partition coefficient (Wildman–Crippen LogP) is 4.85. The molecule has 4 aromatic rings. The molecular weight excluding hydrogens is 392 g/mol. The third-order valence-electron chi connectivity index (χ3n) is 5.67. The van der Waals surface area contributed by atoms with Gasteiger partial charge >= 0.3 is 0 Å². The van der Waals surface area contributed by atoms with Gasteiger partial charge in [-0.25, -0.2) is 15.0 Å². The Balaban J connectivity index is 1.32. The van der Waals surface area contributed by atoms with Gasteiger partial charge in [0, 0.05) is 25.5 Å². The van der Waals surface area contributed by atoms with Crippen LogP contribution in [0, 0.1) is 5.92 Å². The van der Waals surface area contributed by atoms with E-state index in [9.17, 15) is 4.79 Å². The van der Waals surface area contributed by atoms with E-state index in [1.807, 2.05) is 29.2 Å². The first-order valence-electron chi connectivity index (χ1n) is 10.3. The monoisotopic (exact) mass is 414 g/mol. The summed E-state index contributed by atoms with van der Waals surface area (Å²) < 4.78 is 1.08. The zero-order valence-electron chi connectivity index (χ0n) is 16.6. The van der Waals surface area contributed by atoms with Crippen LogP contribution in [0.1, 0.15) is 28.9 Å². The number of fused-ring (bicyclic) bond motifs is 1. The van der Waals surface area contributed by atoms with E-state index in [0.29, 0.717) is 17.3 Å². The van der Waals surface area contributed by atoms with Crippen LogP contribution in [-0.2, 0) is 6.42 Å². The fourth-order valence-corrected chi connectivity index (χ4v) is 5.03.